The third kappa shape index (κ3) is 6.83. The number of ether oxygens (including phenoxy) is 1. The van der Waals surface area contributed by atoms with Crippen molar-refractivity contribution in [1.82, 2.24) is 15.5 Å². The van der Waals surface area contributed by atoms with Gasteiger partial charge in [0.1, 0.15) is 0 Å². The zero-order valence-corrected chi connectivity index (χ0v) is 12.2. The van der Waals surface area contributed by atoms with E-state index < -0.39 is 6.03 Å². The SMILES string of the molecule is CC(C)CCNC(=O)NC(=O)CN1CCOC(CO)C1. The van der Waals surface area contributed by atoms with Crippen molar-refractivity contribution in [2.24, 2.45) is 5.92 Å². The zero-order chi connectivity index (χ0) is 15.0. The molecule has 0 aromatic carbocycles. The smallest absolute Gasteiger partial charge is 0.321 e. The first-order valence-corrected chi connectivity index (χ1v) is 7.03. The summed E-state index contributed by atoms with van der Waals surface area (Å²) in [6.45, 7) is 6.38. The van der Waals surface area contributed by atoms with E-state index in [1.807, 2.05) is 4.90 Å². The minimum Gasteiger partial charge on any atom is -0.394 e. The van der Waals surface area contributed by atoms with Crippen molar-refractivity contribution in [3.8, 4) is 0 Å². The Hall–Kier alpha value is -1.18. The molecule has 1 unspecified atom stereocenters. The van der Waals surface area contributed by atoms with Crippen LogP contribution < -0.4 is 10.6 Å². The van der Waals surface area contributed by atoms with Crippen molar-refractivity contribution in [3.63, 3.8) is 0 Å². The molecule has 0 aromatic heterocycles. The van der Waals surface area contributed by atoms with Crippen LogP contribution in [0.1, 0.15) is 20.3 Å². The Morgan fingerprint density at radius 2 is 2.20 bits per heavy atom. The first-order valence-electron chi connectivity index (χ1n) is 7.03. The fraction of sp³-hybridized carbons (Fsp3) is 0.846. The van der Waals surface area contributed by atoms with E-state index in [1.54, 1.807) is 0 Å². The summed E-state index contributed by atoms with van der Waals surface area (Å²) >= 11 is 0. The average molecular weight is 287 g/mol. The number of carbonyl (C=O) groups excluding carboxylic acids is 2. The van der Waals surface area contributed by atoms with Gasteiger partial charge in [-0.05, 0) is 12.3 Å². The number of rotatable bonds is 6. The summed E-state index contributed by atoms with van der Waals surface area (Å²) in [6.07, 6.45) is 0.625. The van der Waals surface area contributed by atoms with Gasteiger partial charge in [-0.3, -0.25) is 15.0 Å². The molecular formula is C13H25N3O4. The molecule has 1 rings (SSSR count). The predicted molar refractivity (Wildman–Crippen MR) is 74.3 cm³/mol. The Labute approximate surface area is 119 Å². The number of imide groups is 1. The fourth-order valence-electron chi connectivity index (χ4n) is 1.92. The van der Waals surface area contributed by atoms with Crippen LogP contribution in [0.4, 0.5) is 4.79 Å². The van der Waals surface area contributed by atoms with Crippen molar-refractivity contribution in [2.75, 3.05) is 39.4 Å². The van der Waals surface area contributed by atoms with E-state index in [-0.39, 0.29) is 25.2 Å². The molecule has 1 aliphatic rings. The molecule has 20 heavy (non-hydrogen) atoms. The number of nitrogens with zero attached hydrogens (tertiary/aromatic N) is 1. The molecule has 1 heterocycles. The molecule has 0 spiro atoms. The van der Waals surface area contributed by atoms with Crippen molar-refractivity contribution >= 4 is 11.9 Å². The lowest BCUT2D eigenvalue weighted by Gasteiger charge is -2.31. The monoisotopic (exact) mass is 287 g/mol. The van der Waals surface area contributed by atoms with Gasteiger partial charge in [0, 0.05) is 19.6 Å². The number of urea groups is 1. The zero-order valence-electron chi connectivity index (χ0n) is 12.2. The van der Waals surface area contributed by atoms with Crippen LogP contribution >= 0.6 is 0 Å². The maximum absolute atomic E-state index is 11.7. The number of aliphatic hydroxyl groups excluding tert-OH is 1. The Kier molecular flexibility index (Phi) is 7.50. The average Bonchev–Trinajstić information content (AvgIpc) is 2.38. The summed E-state index contributed by atoms with van der Waals surface area (Å²) in [5.41, 5.74) is 0. The van der Waals surface area contributed by atoms with E-state index in [0.717, 1.165) is 6.42 Å². The number of amides is 3. The molecule has 1 atom stereocenters. The van der Waals surface area contributed by atoms with Crippen molar-refractivity contribution < 1.29 is 19.4 Å². The highest BCUT2D eigenvalue weighted by molar-refractivity contribution is 5.95. The summed E-state index contributed by atoms with van der Waals surface area (Å²) in [5.74, 6) is 0.167. The molecule has 0 radical (unpaired) electrons. The normalized spacial score (nSPS) is 19.9. The van der Waals surface area contributed by atoms with Gasteiger partial charge in [-0.1, -0.05) is 13.8 Å². The van der Waals surface area contributed by atoms with E-state index in [2.05, 4.69) is 24.5 Å². The Morgan fingerprint density at radius 1 is 1.45 bits per heavy atom. The third-order valence-corrected chi connectivity index (χ3v) is 3.05. The molecule has 3 N–H and O–H groups in total. The number of nitrogens with one attached hydrogen (secondary N) is 2. The second-order valence-electron chi connectivity index (χ2n) is 5.40. The van der Waals surface area contributed by atoms with E-state index in [4.69, 9.17) is 9.84 Å². The Bertz CT molecular complexity index is 323. The quantitative estimate of drug-likeness (QED) is 0.615. The van der Waals surface area contributed by atoms with Crippen LogP contribution in [-0.2, 0) is 9.53 Å². The first kappa shape index (κ1) is 16.9. The molecular weight excluding hydrogens is 262 g/mol. The molecule has 1 fully saturated rings. The number of morpholine rings is 1. The molecule has 7 nitrogen and oxygen atoms in total. The van der Waals surface area contributed by atoms with E-state index in [0.29, 0.717) is 32.2 Å². The predicted octanol–water partition coefficient (Wildman–Crippen LogP) is -0.449. The van der Waals surface area contributed by atoms with Crippen LogP contribution in [0.2, 0.25) is 0 Å². The van der Waals surface area contributed by atoms with E-state index in [1.165, 1.54) is 0 Å². The lowest BCUT2D eigenvalue weighted by molar-refractivity contribution is -0.123. The highest BCUT2D eigenvalue weighted by atomic mass is 16.5. The molecule has 116 valence electrons. The van der Waals surface area contributed by atoms with Gasteiger partial charge >= 0.3 is 6.03 Å². The molecule has 0 bridgehead atoms. The molecule has 0 aromatic rings. The van der Waals surface area contributed by atoms with Crippen molar-refractivity contribution in [3.05, 3.63) is 0 Å². The number of carbonyl (C=O) groups is 2. The van der Waals surface area contributed by atoms with Crippen molar-refractivity contribution in [2.45, 2.75) is 26.4 Å². The summed E-state index contributed by atoms with van der Waals surface area (Å²) in [4.78, 5) is 25.0. The van der Waals surface area contributed by atoms with Gasteiger partial charge in [-0.2, -0.15) is 0 Å². The molecule has 3 amide bonds. The number of hydrogen-bond acceptors (Lipinski definition) is 5. The second-order valence-corrected chi connectivity index (χ2v) is 5.40. The van der Waals surface area contributed by atoms with Gasteiger partial charge in [0.2, 0.25) is 5.91 Å². The summed E-state index contributed by atoms with van der Waals surface area (Å²) < 4.78 is 5.29. The molecule has 7 heteroatoms. The third-order valence-electron chi connectivity index (χ3n) is 3.05. The maximum atomic E-state index is 11.7. The molecule has 0 saturated carbocycles. The van der Waals surface area contributed by atoms with Gasteiger partial charge in [0.15, 0.2) is 0 Å². The second kappa shape index (κ2) is 8.89. The summed E-state index contributed by atoms with van der Waals surface area (Å²) in [6, 6.07) is -0.456. The van der Waals surface area contributed by atoms with E-state index >= 15 is 0 Å². The number of aliphatic hydroxyl groups is 1. The lowest BCUT2D eigenvalue weighted by Crippen LogP contribution is -2.50. The molecule has 1 saturated heterocycles. The Morgan fingerprint density at radius 3 is 2.85 bits per heavy atom. The van der Waals surface area contributed by atoms with Crippen LogP contribution in [0.3, 0.4) is 0 Å². The van der Waals surface area contributed by atoms with E-state index in [9.17, 15) is 9.59 Å². The van der Waals surface area contributed by atoms with Crippen LogP contribution in [0.25, 0.3) is 0 Å². The summed E-state index contributed by atoms with van der Waals surface area (Å²) in [7, 11) is 0. The van der Waals surface area contributed by atoms with Gasteiger partial charge in [0.25, 0.3) is 0 Å². The molecule has 1 aliphatic heterocycles. The van der Waals surface area contributed by atoms with Gasteiger partial charge in [-0.15, -0.1) is 0 Å². The highest BCUT2D eigenvalue weighted by Gasteiger charge is 2.21. The first-order chi connectivity index (χ1) is 9.51. The lowest BCUT2D eigenvalue weighted by atomic mass is 10.1. The largest absolute Gasteiger partial charge is 0.394 e. The van der Waals surface area contributed by atoms with Crippen LogP contribution in [0.15, 0.2) is 0 Å². The van der Waals surface area contributed by atoms with Gasteiger partial charge in [-0.25, -0.2) is 4.79 Å². The van der Waals surface area contributed by atoms with Crippen LogP contribution in [0.5, 0.6) is 0 Å². The van der Waals surface area contributed by atoms with Crippen LogP contribution in [0, 0.1) is 5.92 Å². The van der Waals surface area contributed by atoms with Crippen LogP contribution in [-0.4, -0.2) is 67.4 Å². The van der Waals surface area contributed by atoms with Crippen molar-refractivity contribution in [1.29, 1.82) is 0 Å². The van der Waals surface area contributed by atoms with Gasteiger partial charge in [0.05, 0.1) is 25.9 Å². The maximum Gasteiger partial charge on any atom is 0.321 e. The Balaban J connectivity index is 2.20. The fourth-order valence-corrected chi connectivity index (χ4v) is 1.92. The topological polar surface area (TPSA) is 90.9 Å². The summed E-state index contributed by atoms with van der Waals surface area (Å²) in [5, 5.41) is 14.0. The van der Waals surface area contributed by atoms with Gasteiger partial charge < -0.3 is 15.2 Å². The highest BCUT2D eigenvalue weighted by Crippen LogP contribution is 2.03. The standard InChI is InChI=1S/C13H25N3O4/c1-10(2)3-4-14-13(19)15-12(18)8-16-5-6-20-11(7-16)9-17/h10-11,17H,3-9H2,1-2H3,(H2,14,15,18,19). The molecule has 0 aliphatic carbocycles. The minimum absolute atomic E-state index is 0.0617. The number of hydrogen-bond donors (Lipinski definition) is 3. The minimum atomic E-state index is -0.456.